The molecule has 2 aromatic carbocycles. The number of benzene rings is 2. The number of anilines is 1. The molecule has 0 spiro atoms. The fraction of sp³-hybridized carbons (Fsp3) is 0.125. The molecule has 0 aliphatic rings. The predicted molar refractivity (Wildman–Crippen MR) is 91.5 cm³/mol. The van der Waals surface area contributed by atoms with Gasteiger partial charge in [-0.15, -0.1) is 0 Å². The van der Waals surface area contributed by atoms with Crippen LogP contribution in [0.25, 0.3) is 10.9 Å². The van der Waals surface area contributed by atoms with Gasteiger partial charge in [-0.1, -0.05) is 24.3 Å². The van der Waals surface area contributed by atoms with Gasteiger partial charge in [0, 0.05) is 11.1 Å². The SMILES string of the molecule is CNS(=O)(=O)c1cccc(NC(=O)c2n[nH]c3ccccc23)c1C. The minimum atomic E-state index is -3.60. The normalized spacial score (nSPS) is 11.6. The van der Waals surface area contributed by atoms with Gasteiger partial charge >= 0.3 is 0 Å². The summed E-state index contributed by atoms with van der Waals surface area (Å²) in [5, 5.41) is 10.3. The molecule has 3 rings (SSSR count). The lowest BCUT2D eigenvalue weighted by atomic mass is 10.1. The number of para-hydroxylation sites is 1. The number of hydrogen-bond donors (Lipinski definition) is 3. The lowest BCUT2D eigenvalue weighted by Gasteiger charge is -2.12. The number of nitrogens with zero attached hydrogens (tertiary/aromatic N) is 1. The maximum absolute atomic E-state index is 12.5. The van der Waals surface area contributed by atoms with E-state index in [1.54, 1.807) is 25.1 Å². The van der Waals surface area contributed by atoms with E-state index in [-0.39, 0.29) is 10.6 Å². The molecule has 0 fully saturated rings. The van der Waals surface area contributed by atoms with Crippen LogP contribution < -0.4 is 10.0 Å². The van der Waals surface area contributed by atoms with Gasteiger partial charge in [0.2, 0.25) is 10.0 Å². The van der Waals surface area contributed by atoms with E-state index in [4.69, 9.17) is 0 Å². The van der Waals surface area contributed by atoms with Crippen LogP contribution in [-0.2, 0) is 10.0 Å². The van der Waals surface area contributed by atoms with Gasteiger partial charge in [0.25, 0.3) is 5.91 Å². The summed E-state index contributed by atoms with van der Waals surface area (Å²) in [4.78, 5) is 12.6. The maximum atomic E-state index is 12.5. The summed E-state index contributed by atoms with van der Waals surface area (Å²) >= 11 is 0. The molecule has 0 bridgehead atoms. The second kappa shape index (κ2) is 6.06. The third-order valence-electron chi connectivity index (χ3n) is 3.78. The van der Waals surface area contributed by atoms with Crippen molar-refractivity contribution in [1.29, 1.82) is 0 Å². The van der Waals surface area contributed by atoms with Crippen molar-refractivity contribution in [1.82, 2.24) is 14.9 Å². The smallest absolute Gasteiger partial charge is 0.276 e. The first-order chi connectivity index (χ1) is 11.4. The van der Waals surface area contributed by atoms with E-state index in [1.807, 2.05) is 18.2 Å². The Kier molecular flexibility index (Phi) is 4.08. The summed E-state index contributed by atoms with van der Waals surface area (Å²) in [7, 11) is -2.26. The summed E-state index contributed by atoms with van der Waals surface area (Å²) in [6.07, 6.45) is 0. The highest BCUT2D eigenvalue weighted by molar-refractivity contribution is 7.89. The molecule has 24 heavy (non-hydrogen) atoms. The zero-order valence-corrected chi connectivity index (χ0v) is 13.9. The van der Waals surface area contributed by atoms with Gasteiger partial charge in [0.15, 0.2) is 5.69 Å². The molecule has 0 unspecified atom stereocenters. The molecular formula is C16H16N4O3S. The molecule has 0 saturated heterocycles. The highest BCUT2D eigenvalue weighted by Crippen LogP contribution is 2.24. The standard InChI is InChI=1S/C16H16N4O3S/c1-10-12(8-5-9-14(10)24(22,23)17-2)18-16(21)15-11-6-3-4-7-13(11)19-20-15/h3-9,17H,1-2H3,(H,18,21)(H,19,20). The average Bonchev–Trinajstić information content (AvgIpc) is 3.00. The number of fused-ring (bicyclic) bond motifs is 1. The molecule has 1 heterocycles. The summed E-state index contributed by atoms with van der Waals surface area (Å²) in [5.41, 5.74) is 1.89. The number of carbonyl (C=O) groups is 1. The summed E-state index contributed by atoms with van der Waals surface area (Å²) in [6.45, 7) is 1.64. The Morgan fingerprint density at radius 3 is 2.62 bits per heavy atom. The maximum Gasteiger partial charge on any atom is 0.276 e. The Bertz CT molecular complexity index is 1020. The van der Waals surface area contributed by atoms with Gasteiger partial charge in [0.05, 0.1) is 10.4 Å². The van der Waals surface area contributed by atoms with Crippen molar-refractivity contribution in [2.45, 2.75) is 11.8 Å². The van der Waals surface area contributed by atoms with Gasteiger partial charge in [-0.3, -0.25) is 9.89 Å². The second-order valence-electron chi connectivity index (χ2n) is 5.21. The van der Waals surface area contributed by atoms with Crippen LogP contribution in [0.15, 0.2) is 47.4 Å². The van der Waals surface area contributed by atoms with Crippen LogP contribution in [-0.4, -0.2) is 31.6 Å². The molecule has 0 aliphatic carbocycles. The molecule has 0 aliphatic heterocycles. The first-order valence-corrected chi connectivity index (χ1v) is 8.70. The number of rotatable bonds is 4. The largest absolute Gasteiger partial charge is 0.320 e. The molecule has 3 N–H and O–H groups in total. The summed E-state index contributed by atoms with van der Waals surface area (Å²) < 4.78 is 26.3. The van der Waals surface area contributed by atoms with Gasteiger partial charge in [-0.2, -0.15) is 5.10 Å². The summed E-state index contributed by atoms with van der Waals surface area (Å²) in [6, 6.07) is 12.0. The van der Waals surface area contributed by atoms with E-state index >= 15 is 0 Å². The van der Waals surface area contributed by atoms with Crippen LogP contribution in [0.2, 0.25) is 0 Å². The molecule has 1 amide bonds. The lowest BCUT2D eigenvalue weighted by Crippen LogP contribution is -2.21. The molecular weight excluding hydrogens is 328 g/mol. The van der Waals surface area contributed by atoms with Crippen LogP contribution in [0, 0.1) is 6.92 Å². The van der Waals surface area contributed by atoms with E-state index in [2.05, 4.69) is 20.2 Å². The number of carbonyl (C=O) groups excluding carboxylic acids is 1. The third kappa shape index (κ3) is 2.77. The Morgan fingerprint density at radius 2 is 1.88 bits per heavy atom. The fourth-order valence-corrected chi connectivity index (χ4v) is 3.46. The predicted octanol–water partition coefficient (Wildman–Crippen LogP) is 2.03. The molecule has 1 aromatic heterocycles. The molecule has 8 heteroatoms. The monoisotopic (exact) mass is 344 g/mol. The number of nitrogens with one attached hydrogen (secondary N) is 3. The van der Waals surface area contributed by atoms with Gasteiger partial charge in [0.1, 0.15) is 0 Å². The average molecular weight is 344 g/mol. The highest BCUT2D eigenvalue weighted by Gasteiger charge is 2.19. The highest BCUT2D eigenvalue weighted by atomic mass is 32.2. The van der Waals surface area contributed by atoms with E-state index in [9.17, 15) is 13.2 Å². The van der Waals surface area contributed by atoms with Crippen molar-refractivity contribution in [2.24, 2.45) is 0 Å². The molecule has 0 atom stereocenters. The zero-order valence-electron chi connectivity index (χ0n) is 13.1. The number of H-pyrrole nitrogens is 1. The first kappa shape index (κ1) is 16.2. The Hall–Kier alpha value is -2.71. The minimum absolute atomic E-state index is 0.120. The van der Waals surface area contributed by atoms with Crippen LogP contribution >= 0.6 is 0 Å². The molecule has 124 valence electrons. The Labute approximate surface area is 139 Å². The van der Waals surface area contributed by atoms with Crippen molar-refractivity contribution >= 4 is 32.5 Å². The minimum Gasteiger partial charge on any atom is -0.320 e. The van der Waals surface area contributed by atoms with E-state index < -0.39 is 15.9 Å². The number of amides is 1. The van der Waals surface area contributed by atoms with Crippen LogP contribution in [0.3, 0.4) is 0 Å². The van der Waals surface area contributed by atoms with Crippen molar-refractivity contribution in [2.75, 3.05) is 12.4 Å². The van der Waals surface area contributed by atoms with Gasteiger partial charge < -0.3 is 5.32 Å². The number of hydrogen-bond acceptors (Lipinski definition) is 4. The molecule has 3 aromatic rings. The van der Waals surface area contributed by atoms with Crippen molar-refractivity contribution in [3.63, 3.8) is 0 Å². The Balaban J connectivity index is 1.97. The number of aromatic amines is 1. The van der Waals surface area contributed by atoms with Crippen molar-refractivity contribution < 1.29 is 13.2 Å². The van der Waals surface area contributed by atoms with Gasteiger partial charge in [-0.25, -0.2) is 13.1 Å². The zero-order chi connectivity index (χ0) is 17.3. The van der Waals surface area contributed by atoms with Crippen molar-refractivity contribution in [3.05, 3.63) is 53.7 Å². The number of sulfonamides is 1. The topological polar surface area (TPSA) is 104 Å². The van der Waals surface area contributed by atoms with Crippen molar-refractivity contribution in [3.8, 4) is 0 Å². The molecule has 7 nitrogen and oxygen atoms in total. The Morgan fingerprint density at radius 1 is 1.12 bits per heavy atom. The first-order valence-electron chi connectivity index (χ1n) is 7.21. The second-order valence-corrected chi connectivity index (χ2v) is 7.06. The lowest BCUT2D eigenvalue weighted by molar-refractivity contribution is 0.102. The number of aromatic nitrogens is 2. The van der Waals surface area contributed by atoms with Crippen LogP contribution in [0.5, 0.6) is 0 Å². The quantitative estimate of drug-likeness (QED) is 0.673. The van der Waals surface area contributed by atoms with Crippen LogP contribution in [0.1, 0.15) is 16.1 Å². The molecule has 0 saturated carbocycles. The van der Waals surface area contributed by atoms with E-state index in [0.29, 0.717) is 16.6 Å². The third-order valence-corrected chi connectivity index (χ3v) is 5.33. The van der Waals surface area contributed by atoms with E-state index in [0.717, 1.165) is 5.52 Å². The van der Waals surface area contributed by atoms with E-state index in [1.165, 1.54) is 13.1 Å². The van der Waals surface area contributed by atoms with Gasteiger partial charge in [-0.05, 0) is 37.7 Å². The van der Waals surface area contributed by atoms with Crippen LogP contribution in [0.4, 0.5) is 5.69 Å². The molecule has 0 radical (unpaired) electrons. The fourth-order valence-electron chi connectivity index (χ4n) is 2.47. The summed E-state index contributed by atoms with van der Waals surface area (Å²) in [5.74, 6) is -0.408.